The van der Waals surface area contributed by atoms with Crippen molar-refractivity contribution in [2.24, 2.45) is 5.92 Å². The number of nitrogens with zero attached hydrogens (tertiary/aromatic N) is 1. The lowest BCUT2D eigenvalue weighted by molar-refractivity contribution is -0.398. The Morgan fingerprint density at radius 2 is 2.12 bits per heavy atom. The summed E-state index contributed by atoms with van der Waals surface area (Å²) in [4.78, 5) is 35.3. The minimum atomic E-state index is -0.919. The number of esters is 1. The number of benzene rings is 1. The van der Waals surface area contributed by atoms with Gasteiger partial charge < -0.3 is 15.2 Å². The molecule has 136 valence electrons. The average molecular weight is 357 g/mol. The minimum absolute atomic E-state index is 0.126. The van der Waals surface area contributed by atoms with E-state index < -0.39 is 34.2 Å². The second-order valence-corrected chi connectivity index (χ2v) is 6.28. The van der Waals surface area contributed by atoms with Crippen molar-refractivity contribution in [1.29, 1.82) is 0 Å². The van der Waals surface area contributed by atoms with Crippen LogP contribution < -0.4 is 10.4 Å². The molecule has 0 fully saturated rings. The number of Topliss-reactive ketones (excluding diaryl/α,β-unsaturated/α-hetero) is 1. The first-order valence-corrected chi connectivity index (χ1v) is 8.10. The van der Waals surface area contributed by atoms with E-state index in [0.29, 0.717) is 41.8 Å². The van der Waals surface area contributed by atoms with Crippen molar-refractivity contribution in [3.05, 3.63) is 57.4 Å². The van der Waals surface area contributed by atoms with Gasteiger partial charge in [-0.2, -0.15) is 0 Å². The number of rotatable bonds is 3. The number of nitro groups is 1. The number of carbonyl (C=O) groups is 2. The van der Waals surface area contributed by atoms with Crippen LogP contribution in [0.2, 0.25) is 0 Å². The molecule has 3 rings (SSSR count). The third-order valence-corrected chi connectivity index (χ3v) is 4.78. The fraction of sp³-hybridized carbons (Fsp3) is 0.333. The Morgan fingerprint density at radius 1 is 1.38 bits per heavy atom. The summed E-state index contributed by atoms with van der Waals surface area (Å²) in [6.07, 6.45) is 1.62. The molecule has 1 N–H and O–H groups in total. The van der Waals surface area contributed by atoms with Gasteiger partial charge in [0.05, 0.1) is 12.0 Å². The standard InChI is InChI=1S/C18H18N2O6/c1-9-15(18(23)26-2)16(17-11(19-9)4-3-5-14(17)22)10-6-7-13(21)12(8-10)20(24)25/h6-8,15-16,19,21H,1,3-5H2,2H3/p-1. The van der Waals surface area contributed by atoms with E-state index in [1.807, 2.05) is 0 Å². The Labute approximate surface area is 149 Å². The van der Waals surface area contributed by atoms with E-state index in [1.54, 1.807) is 0 Å². The maximum atomic E-state index is 12.6. The largest absolute Gasteiger partial charge is 0.868 e. The molecule has 0 saturated heterocycles. The van der Waals surface area contributed by atoms with E-state index in [1.165, 1.54) is 13.2 Å². The van der Waals surface area contributed by atoms with Crippen LogP contribution in [0.3, 0.4) is 0 Å². The van der Waals surface area contributed by atoms with Crippen LogP contribution in [0.15, 0.2) is 41.7 Å². The van der Waals surface area contributed by atoms with Gasteiger partial charge in [0.1, 0.15) is 5.92 Å². The van der Waals surface area contributed by atoms with Gasteiger partial charge in [0.2, 0.25) is 0 Å². The van der Waals surface area contributed by atoms with Crippen LogP contribution >= 0.6 is 0 Å². The molecule has 0 bridgehead atoms. The highest BCUT2D eigenvalue weighted by molar-refractivity contribution is 6.00. The summed E-state index contributed by atoms with van der Waals surface area (Å²) in [6.45, 7) is 3.88. The van der Waals surface area contributed by atoms with Crippen LogP contribution in [-0.2, 0) is 14.3 Å². The van der Waals surface area contributed by atoms with Gasteiger partial charge in [0.15, 0.2) is 5.78 Å². The van der Waals surface area contributed by atoms with Crippen LogP contribution in [0.25, 0.3) is 0 Å². The number of hydrogen-bond donors (Lipinski definition) is 1. The third kappa shape index (κ3) is 2.83. The maximum absolute atomic E-state index is 12.6. The van der Waals surface area contributed by atoms with Crippen molar-refractivity contribution in [3.8, 4) is 5.75 Å². The molecule has 2 atom stereocenters. The molecule has 1 heterocycles. The molecule has 1 aliphatic carbocycles. The molecule has 0 spiro atoms. The van der Waals surface area contributed by atoms with Crippen molar-refractivity contribution in [3.63, 3.8) is 0 Å². The lowest BCUT2D eigenvalue weighted by atomic mass is 9.71. The lowest BCUT2D eigenvalue weighted by Gasteiger charge is -2.38. The van der Waals surface area contributed by atoms with Crippen molar-refractivity contribution in [2.45, 2.75) is 25.2 Å². The van der Waals surface area contributed by atoms with Gasteiger partial charge in [-0.25, -0.2) is 0 Å². The molecule has 1 aromatic carbocycles. The molecular formula is C18H17N2O6-. The van der Waals surface area contributed by atoms with Gasteiger partial charge in [0.25, 0.3) is 5.69 Å². The highest BCUT2D eigenvalue weighted by Gasteiger charge is 2.43. The quantitative estimate of drug-likeness (QED) is 0.496. The van der Waals surface area contributed by atoms with Gasteiger partial charge in [-0.15, -0.1) is 0 Å². The fourth-order valence-electron chi connectivity index (χ4n) is 3.63. The molecule has 26 heavy (non-hydrogen) atoms. The lowest BCUT2D eigenvalue weighted by Crippen LogP contribution is -2.40. The van der Waals surface area contributed by atoms with Gasteiger partial charge in [-0.05, 0) is 24.2 Å². The van der Waals surface area contributed by atoms with Gasteiger partial charge >= 0.3 is 5.97 Å². The van der Waals surface area contributed by atoms with E-state index in [-0.39, 0.29) is 5.78 Å². The number of methoxy groups -OCH3 is 1. The number of ketones is 1. The molecular weight excluding hydrogens is 340 g/mol. The second-order valence-electron chi connectivity index (χ2n) is 6.28. The molecule has 0 saturated carbocycles. The SMILES string of the molecule is C=C1NC2=C(C(=O)CCC2)C(c2ccc([O-])c([N+](=O)[O-])c2)C1C(=O)OC. The van der Waals surface area contributed by atoms with E-state index in [4.69, 9.17) is 4.74 Å². The minimum Gasteiger partial charge on any atom is -0.868 e. The molecule has 1 aromatic rings. The van der Waals surface area contributed by atoms with E-state index in [9.17, 15) is 24.8 Å². The fourth-order valence-corrected chi connectivity index (χ4v) is 3.63. The van der Waals surface area contributed by atoms with Crippen molar-refractivity contribution < 1.29 is 24.4 Å². The summed E-state index contributed by atoms with van der Waals surface area (Å²) >= 11 is 0. The monoisotopic (exact) mass is 357 g/mol. The van der Waals surface area contributed by atoms with Crippen molar-refractivity contribution in [1.82, 2.24) is 5.32 Å². The predicted molar refractivity (Wildman–Crippen MR) is 88.9 cm³/mol. The Kier molecular flexibility index (Phi) is 4.50. The van der Waals surface area contributed by atoms with E-state index in [0.717, 1.165) is 12.1 Å². The van der Waals surface area contributed by atoms with Crippen molar-refractivity contribution in [2.75, 3.05) is 7.11 Å². The summed E-state index contributed by atoms with van der Waals surface area (Å²) in [6, 6.07) is 3.63. The van der Waals surface area contributed by atoms with Crippen LogP contribution in [-0.4, -0.2) is 23.8 Å². The summed E-state index contributed by atoms with van der Waals surface area (Å²) < 4.78 is 4.86. The van der Waals surface area contributed by atoms with Crippen molar-refractivity contribution >= 4 is 17.4 Å². The summed E-state index contributed by atoms with van der Waals surface area (Å²) in [5.41, 5.74) is 1.19. The maximum Gasteiger partial charge on any atom is 0.315 e. The number of nitrogens with one attached hydrogen (secondary N) is 1. The number of nitro benzene ring substituents is 1. The van der Waals surface area contributed by atoms with Gasteiger partial charge in [-0.3, -0.25) is 19.7 Å². The van der Waals surface area contributed by atoms with E-state index >= 15 is 0 Å². The zero-order chi connectivity index (χ0) is 19.0. The zero-order valence-electron chi connectivity index (χ0n) is 14.1. The van der Waals surface area contributed by atoms with Crippen LogP contribution in [0.5, 0.6) is 5.75 Å². The first-order chi connectivity index (χ1) is 12.3. The molecule has 0 radical (unpaired) electrons. The second kappa shape index (κ2) is 6.62. The highest BCUT2D eigenvalue weighted by Crippen LogP contribution is 2.45. The number of hydrogen-bond acceptors (Lipinski definition) is 7. The molecule has 8 nitrogen and oxygen atoms in total. The number of carbonyl (C=O) groups excluding carboxylic acids is 2. The highest BCUT2D eigenvalue weighted by atomic mass is 16.6. The Balaban J connectivity index is 2.22. The smallest absolute Gasteiger partial charge is 0.315 e. The topological polar surface area (TPSA) is 122 Å². The Bertz CT molecular complexity index is 857. The normalized spacial score (nSPS) is 22.5. The molecule has 2 aliphatic rings. The predicted octanol–water partition coefficient (Wildman–Crippen LogP) is 1.67. The summed E-state index contributed by atoms with van der Waals surface area (Å²) in [5.74, 6) is -3.16. The average Bonchev–Trinajstić information content (AvgIpc) is 2.60. The molecule has 0 aromatic heterocycles. The summed E-state index contributed by atoms with van der Waals surface area (Å²) in [7, 11) is 1.22. The Morgan fingerprint density at radius 3 is 2.77 bits per heavy atom. The molecule has 0 amide bonds. The summed E-state index contributed by atoms with van der Waals surface area (Å²) in [5, 5.41) is 25.9. The molecule has 2 unspecified atom stereocenters. The van der Waals surface area contributed by atoms with Crippen LogP contribution in [0.1, 0.15) is 30.7 Å². The van der Waals surface area contributed by atoms with Gasteiger partial charge in [-0.1, -0.05) is 18.7 Å². The number of ether oxygens (including phenoxy) is 1. The Hall–Kier alpha value is -3.16. The van der Waals surface area contributed by atoms with E-state index in [2.05, 4.69) is 11.9 Å². The van der Waals surface area contributed by atoms with Crippen LogP contribution in [0.4, 0.5) is 5.69 Å². The first kappa shape index (κ1) is 17.7. The third-order valence-electron chi connectivity index (χ3n) is 4.78. The number of allylic oxidation sites excluding steroid dienone is 2. The molecule has 1 aliphatic heterocycles. The molecule has 8 heteroatoms. The van der Waals surface area contributed by atoms with Gasteiger partial charge in [0, 0.05) is 35.4 Å². The first-order valence-electron chi connectivity index (χ1n) is 8.10. The zero-order valence-corrected chi connectivity index (χ0v) is 14.1. The van der Waals surface area contributed by atoms with Crippen LogP contribution in [0, 0.1) is 16.0 Å².